The number of rotatable bonds is 17. The molecule has 0 radical (unpaired) electrons. The molecule has 5 N–H and O–H groups in total. The number of imide groups is 2. The number of H-pyrrole nitrogens is 1. The molecule has 312 valence electrons. The number of aromatic nitrogens is 4. The van der Waals surface area contributed by atoms with Gasteiger partial charge in [-0.05, 0) is 94.1 Å². The first-order chi connectivity index (χ1) is 29.1. The second kappa shape index (κ2) is 17.8. The van der Waals surface area contributed by atoms with Crippen LogP contribution in [0.5, 0.6) is 0 Å². The molecule has 0 bridgehead atoms. The van der Waals surface area contributed by atoms with Gasteiger partial charge in [-0.3, -0.25) is 48.6 Å². The maximum absolute atomic E-state index is 13.3. The Hall–Kier alpha value is -6.42. The third-order valence-corrected chi connectivity index (χ3v) is 11.7. The van der Waals surface area contributed by atoms with Gasteiger partial charge in [-0.2, -0.15) is 5.10 Å². The van der Waals surface area contributed by atoms with Crippen LogP contribution < -0.4 is 21.3 Å². The van der Waals surface area contributed by atoms with Crippen LogP contribution in [0.3, 0.4) is 0 Å². The SMILES string of the molecule is C[C@H]1CCCN1Cc1nc2cc(NC(=O)c3ccc4c(cnn4CCNC(=O)CCCCCCCNc4cccc5c4C(=O)N(C4CCC(=O)NC4=O)C5=O)c3)ccc2[nH]1. The number of hydrogen-bond donors (Lipinski definition) is 5. The van der Waals surface area contributed by atoms with Gasteiger partial charge in [-0.25, -0.2) is 4.98 Å². The van der Waals surface area contributed by atoms with Gasteiger partial charge in [0.1, 0.15) is 11.9 Å². The largest absolute Gasteiger partial charge is 0.384 e. The first-order valence-corrected chi connectivity index (χ1v) is 21.0. The average molecular weight is 815 g/mol. The number of piperidine rings is 1. The van der Waals surface area contributed by atoms with Gasteiger partial charge in [-0.1, -0.05) is 25.3 Å². The summed E-state index contributed by atoms with van der Waals surface area (Å²) in [4.78, 5) is 87.7. The third-order valence-electron chi connectivity index (χ3n) is 11.7. The van der Waals surface area contributed by atoms with Crippen molar-refractivity contribution in [2.75, 3.05) is 30.3 Å². The van der Waals surface area contributed by atoms with E-state index in [4.69, 9.17) is 4.98 Å². The van der Waals surface area contributed by atoms with Crippen molar-refractivity contribution in [3.63, 3.8) is 0 Å². The Bertz CT molecular complexity index is 2470. The lowest BCUT2D eigenvalue weighted by Gasteiger charge is -2.27. The first kappa shape index (κ1) is 40.4. The number of nitrogens with one attached hydrogen (secondary N) is 5. The number of amides is 6. The van der Waals surface area contributed by atoms with Crippen LogP contribution in [0, 0.1) is 0 Å². The standard InChI is InChI=1S/C44H50N10O6/c1-27-9-8-21-52(27)26-37-49-32-15-14-30(24-34(32)50-37)48-41(57)28-13-16-35-29(23-28)25-47-53(35)22-20-46-38(55)12-5-3-2-4-6-19-45-33-11-7-10-31-40(33)44(60)54(43(31)59)36-17-18-39(56)51-42(36)58/h7,10-11,13-16,23-25,27,36,45H,2-6,8-9,12,17-22,26H2,1H3,(H,46,55)(H,48,57)(H,49,50)(H,51,56,58)/t27-,36?/m0/s1. The zero-order chi connectivity index (χ0) is 41.8. The van der Waals surface area contributed by atoms with Crippen LogP contribution in [0.4, 0.5) is 11.4 Å². The van der Waals surface area contributed by atoms with E-state index < -0.39 is 29.7 Å². The Balaban J connectivity index is 0.720. The van der Waals surface area contributed by atoms with E-state index >= 15 is 0 Å². The molecule has 0 spiro atoms. The lowest BCUT2D eigenvalue weighted by Crippen LogP contribution is -2.54. The lowest BCUT2D eigenvalue weighted by atomic mass is 10.0. The molecule has 6 amide bonds. The van der Waals surface area contributed by atoms with Gasteiger partial charge in [0.2, 0.25) is 17.7 Å². The zero-order valence-corrected chi connectivity index (χ0v) is 33.7. The zero-order valence-electron chi connectivity index (χ0n) is 33.7. The summed E-state index contributed by atoms with van der Waals surface area (Å²) in [7, 11) is 0. The van der Waals surface area contributed by atoms with Crippen molar-refractivity contribution in [2.45, 2.75) is 96.3 Å². The van der Waals surface area contributed by atoms with Crippen LogP contribution in [-0.4, -0.2) is 96.7 Å². The Labute approximate surface area is 346 Å². The van der Waals surface area contributed by atoms with E-state index in [9.17, 15) is 28.8 Å². The predicted molar refractivity (Wildman–Crippen MR) is 225 cm³/mol. The van der Waals surface area contributed by atoms with E-state index in [2.05, 4.69) is 43.2 Å². The molecule has 2 saturated heterocycles. The Morgan fingerprint density at radius 1 is 0.917 bits per heavy atom. The topological polar surface area (TPSA) is 204 Å². The molecule has 60 heavy (non-hydrogen) atoms. The number of unbranched alkanes of at least 4 members (excludes halogenated alkanes) is 4. The van der Waals surface area contributed by atoms with Crippen molar-refractivity contribution in [2.24, 2.45) is 0 Å². The van der Waals surface area contributed by atoms with Gasteiger partial charge < -0.3 is 20.9 Å². The molecule has 2 aromatic heterocycles. The monoisotopic (exact) mass is 814 g/mol. The number of nitrogens with zero attached hydrogens (tertiary/aromatic N) is 5. The van der Waals surface area contributed by atoms with Crippen LogP contribution in [0.2, 0.25) is 0 Å². The number of imidazole rings is 1. The van der Waals surface area contributed by atoms with Gasteiger partial charge >= 0.3 is 0 Å². The van der Waals surface area contributed by atoms with Crippen molar-refractivity contribution in [3.05, 3.63) is 83.3 Å². The van der Waals surface area contributed by atoms with E-state index in [-0.39, 0.29) is 35.8 Å². The smallest absolute Gasteiger partial charge is 0.264 e. The number of anilines is 2. The molecule has 8 rings (SSSR count). The summed E-state index contributed by atoms with van der Waals surface area (Å²) in [5, 5.41) is 16.8. The highest BCUT2D eigenvalue weighted by Crippen LogP contribution is 2.32. The highest BCUT2D eigenvalue weighted by Gasteiger charge is 2.45. The molecule has 1 unspecified atom stereocenters. The molecule has 5 heterocycles. The van der Waals surface area contributed by atoms with E-state index in [0.29, 0.717) is 49.0 Å². The summed E-state index contributed by atoms with van der Waals surface area (Å²) in [6.45, 7) is 5.65. The summed E-state index contributed by atoms with van der Waals surface area (Å²) in [5.74, 6) is -1.40. The molecule has 3 aliphatic rings. The third kappa shape index (κ3) is 8.78. The van der Waals surface area contributed by atoms with Crippen molar-refractivity contribution in [1.82, 2.24) is 40.2 Å². The van der Waals surface area contributed by atoms with Crippen LogP contribution in [0.1, 0.15) is 108 Å². The molecular formula is C44H50N10O6. The lowest BCUT2D eigenvalue weighted by molar-refractivity contribution is -0.136. The second-order valence-corrected chi connectivity index (χ2v) is 15.9. The molecular weight excluding hydrogens is 765 g/mol. The minimum absolute atomic E-state index is 0.0129. The minimum Gasteiger partial charge on any atom is -0.384 e. The van der Waals surface area contributed by atoms with Crippen LogP contribution in [0.15, 0.2) is 60.8 Å². The summed E-state index contributed by atoms with van der Waals surface area (Å²) < 4.78 is 1.82. The summed E-state index contributed by atoms with van der Waals surface area (Å²) in [6.07, 6.45) is 9.14. The fourth-order valence-corrected chi connectivity index (χ4v) is 8.46. The van der Waals surface area contributed by atoms with Gasteiger partial charge in [-0.15, -0.1) is 0 Å². The molecule has 0 saturated carbocycles. The van der Waals surface area contributed by atoms with Crippen molar-refractivity contribution >= 4 is 68.8 Å². The second-order valence-electron chi connectivity index (χ2n) is 15.9. The maximum Gasteiger partial charge on any atom is 0.264 e. The first-order valence-electron chi connectivity index (χ1n) is 21.0. The number of carbonyl (C=O) groups excluding carboxylic acids is 6. The molecule has 0 aliphatic carbocycles. The normalized spacial score (nSPS) is 18.1. The van der Waals surface area contributed by atoms with Crippen LogP contribution >= 0.6 is 0 Å². The highest BCUT2D eigenvalue weighted by molar-refractivity contribution is 6.25. The summed E-state index contributed by atoms with van der Waals surface area (Å²) in [6, 6.07) is 15.8. The molecule has 2 fully saturated rings. The molecule has 3 aliphatic heterocycles. The van der Waals surface area contributed by atoms with Crippen molar-refractivity contribution in [1.29, 1.82) is 0 Å². The number of benzene rings is 3. The highest BCUT2D eigenvalue weighted by atomic mass is 16.2. The number of aromatic amines is 1. The van der Waals surface area contributed by atoms with Crippen molar-refractivity contribution < 1.29 is 28.8 Å². The van der Waals surface area contributed by atoms with E-state index in [1.54, 1.807) is 30.5 Å². The molecule has 16 nitrogen and oxygen atoms in total. The minimum atomic E-state index is -1.00. The van der Waals surface area contributed by atoms with Crippen LogP contribution in [0.25, 0.3) is 21.9 Å². The fraction of sp³-hybridized carbons (Fsp3) is 0.409. The predicted octanol–water partition coefficient (Wildman–Crippen LogP) is 5.12. The van der Waals surface area contributed by atoms with Gasteiger partial charge in [0.15, 0.2) is 0 Å². The number of hydrogen-bond acceptors (Lipinski definition) is 10. The molecule has 3 aromatic carbocycles. The number of carbonyl (C=O) groups is 6. The van der Waals surface area contributed by atoms with E-state index in [1.807, 2.05) is 35.0 Å². The van der Waals surface area contributed by atoms with E-state index in [0.717, 1.165) is 77.9 Å². The quantitative estimate of drug-likeness (QED) is 0.0620. The Kier molecular flexibility index (Phi) is 12.0. The molecule has 5 aromatic rings. The fourth-order valence-electron chi connectivity index (χ4n) is 8.46. The van der Waals surface area contributed by atoms with Gasteiger partial charge in [0, 0.05) is 54.3 Å². The van der Waals surface area contributed by atoms with E-state index in [1.165, 1.54) is 12.8 Å². The molecule has 2 atom stereocenters. The summed E-state index contributed by atoms with van der Waals surface area (Å²) in [5.41, 5.74) is 4.88. The van der Waals surface area contributed by atoms with Gasteiger partial charge in [0.25, 0.3) is 17.7 Å². The number of likely N-dealkylation sites (tertiary alicyclic amines) is 1. The van der Waals surface area contributed by atoms with Crippen LogP contribution in [-0.2, 0) is 27.5 Å². The Morgan fingerprint density at radius 3 is 2.60 bits per heavy atom. The average Bonchev–Trinajstić information content (AvgIpc) is 4.01. The molecule has 16 heteroatoms. The van der Waals surface area contributed by atoms with Gasteiger partial charge in [0.05, 0.1) is 47.0 Å². The van der Waals surface area contributed by atoms with Crippen molar-refractivity contribution in [3.8, 4) is 0 Å². The Morgan fingerprint density at radius 2 is 1.77 bits per heavy atom. The summed E-state index contributed by atoms with van der Waals surface area (Å²) >= 11 is 0. The maximum atomic E-state index is 13.3. The number of fused-ring (bicyclic) bond motifs is 3.